The Morgan fingerprint density at radius 3 is 3.00 bits per heavy atom. The molecule has 0 atom stereocenters. The molecule has 20 heavy (non-hydrogen) atoms. The molecule has 2 rings (SSSR count). The van der Waals surface area contributed by atoms with E-state index >= 15 is 0 Å². The van der Waals surface area contributed by atoms with Crippen LogP contribution in [0.2, 0.25) is 0 Å². The lowest BCUT2D eigenvalue weighted by Crippen LogP contribution is -2.51. The van der Waals surface area contributed by atoms with Gasteiger partial charge >= 0.3 is 0 Å². The number of anilines is 1. The second-order valence-electron chi connectivity index (χ2n) is 4.45. The van der Waals surface area contributed by atoms with Crippen molar-refractivity contribution in [2.75, 3.05) is 38.1 Å². The summed E-state index contributed by atoms with van der Waals surface area (Å²) >= 11 is 0. The zero-order valence-corrected chi connectivity index (χ0v) is 11.5. The molecule has 0 unspecified atom stereocenters. The number of rotatable bonds is 5. The molecule has 1 saturated heterocycles. The SMILES string of the molecule is CCOc1ccccc1NCC(=O)N1CCNC(=O)C1. The highest BCUT2D eigenvalue weighted by Crippen LogP contribution is 2.23. The minimum atomic E-state index is -0.112. The molecule has 1 fully saturated rings. The second-order valence-corrected chi connectivity index (χ2v) is 4.45. The van der Waals surface area contributed by atoms with Crippen LogP contribution in [-0.4, -0.2) is 49.5 Å². The van der Waals surface area contributed by atoms with E-state index in [1.54, 1.807) is 4.90 Å². The standard InChI is InChI=1S/C14H19N3O3/c1-2-20-12-6-4-3-5-11(12)16-9-14(19)17-8-7-15-13(18)10-17/h3-6,16H,2,7-10H2,1H3,(H,15,18). The zero-order valence-electron chi connectivity index (χ0n) is 11.5. The van der Waals surface area contributed by atoms with Gasteiger partial charge in [-0.15, -0.1) is 0 Å². The maximum Gasteiger partial charge on any atom is 0.242 e. The number of amides is 2. The highest BCUT2D eigenvalue weighted by molar-refractivity contribution is 5.88. The molecule has 0 saturated carbocycles. The van der Waals surface area contributed by atoms with Gasteiger partial charge in [-0.3, -0.25) is 9.59 Å². The fourth-order valence-corrected chi connectivity index (χ4v) is 2.03. The lowest BCUT2D eigenvalue weighted by Gasteiger charge is -2.27. The van der Waals surface area contributed by atoms with Crippen LogP contribution in [0.25, 0.3) is 0 Å². The summed E-state index contributed by atoms with van der Waals surface area (Å²) in [6.45, 7) is 3.83. The molecule has 0 aliphatic carbocycles. The Kier molecular flexibility index (Phi) is 4.81. The first-order valence-corrected chi connectivity index (χ1v) is 6.71. The van der Waals surface area contributed by atoms with Crippen LogP contribution in [0.3, 0.4) is 0 Å². The van der Waals surface area contributed by atoms with E-state index in [0.29, 0.717) is 19.7 Å². The quantitative estimate of drug-likeness (QED) is 0.820. The van der Waals surface area contributed by atoms with Crippen molar-refractivity contribution >= 4 is 17.5 Å². The van der Waals surface area contributed by atoms with Crippen LogP contribution in [0.5, 0.6) is 5.75 Å². The van der Waals surface area contributed by atoms with Crippen LogP contribution in [0.1, 0.15) is 6.92 Å². The molecule has 1 aromatic rings. The van der Waals surface area contributed by atoms with Crippen molar-refractivity contribution in [3.05, 3.63) is 24.3 Å². The Labute approximate surface area is 118 Å². The molecule has 1 aliphatic heterocycles. The van der Waals surface area contributed by atoms with Gasteiger partial charge in [0.1, 0.15) is 5.75 Å². The molecule has 0 bridgehead atoms. The fourth-order valence-electron chi connectivity index (χ4n) is 2.03. The van der Waals surface area contributed by atoms with Gasteiger partial charge in [-0.2, -0.15) is 0 Å². The van der Waals surface area contributed by atoms with Crippen molar-refractivity contribution in [1.29, 1.82) is 0 Å². The third-order valence-corrected chi connectivity index (χ3v) is 3.01. The van der Waals surface area contributed by atoms with E-state index in [-0.39, 0.29) is 24.9 Å². The average Bonchev–Trinajstić information content (AvgIpc) is 2.46. The van der Waals surface area contributed by atoms with Gasteiger partial charge < -0.3 is 20.3 Å². The summed E-state index contributed by atoms with van der Waals surface area (Å²) in [6.07, 6.45) is 0. The molecule has 1 aromatic carbocycles. The van der Waals surface area contributed by atoms with E-state index in [1.165, 1.54) is 0 Å². The van der Waals surface area contributed by atoms with Crippen LogP contribution in [0, 0.1) is 0 Å². The average molecular weight is 277 g/mol. The van der Waals surface area contributed by atoms with Gasteiger partial charge in [0.05, 0.1) is 25.4 Å². The molecule has 2 N–H and O–H groups in total. The summed E-state index contributed by atoms with van der Waals surface area (Å²) in [5.41, 5.74) is 0.782. The Morgan fingerprint density at radius 2 is 2.25 bits per heavy atom. The number of nitrogens with zero attached hydrogens (tertiary/aromatic N) is 1. The number of carbonyl (C=O) groups is 2. The first-order valence-electron chi connectivity index (χ1n) is 6.71. The van der Waals surface area contributed by atoms with Crippen LogP contribution < -0.4 is 15.4 Å². The molecular formula is C14H19N3O3. The Bertz CT molecular complexity index is 490. The van der Waals surface area contributed by atoms with Crippen molar-refractivity contribution in [3.8, 4) is 5.75 Å². The molecule has 6 heteroatoms. The normalized spacial score (nSPS) is 14.7. The molecule has 0 aromatic heterocycles. The largest absolute Gasteiger partial charge is 0.492 e. The number of ether oxygens (including phenoxy) is 1. The van der Waals surface area contributed by atoms with Gasteiger partial charge in [-0.05, 0) is 19.1 Å². The molecule has 0 radical (unpaired) electrons. The summed E-state index contributed by atoms with van der Waals surface area (Å²) in [5.74, 6) is 0.518. The Balaban J connectivity index is 1.91. The first kappa shape index (κ1) is 14.2. The summed E-state index contributed by atoms with van der Waals surface area (Å²) in [6, 6.07) is 7.47. The third kappa shape index (κ3) is 3.63. The second kappa shape index (κ2) is 6.79. The van der Waals surface area contributed by atoms with Crippen molar-refractivity contribution in [2.45, 2.75) is 6.92 Å². The van der Waals surface area contributed by atoms with Gasteiger partial charge in [0.15, 0.2) is 0 Å². The van der Waals surface area contributed by atoms with Gasteiger partial charge in [-0.1, -0.05) is 12.1 Å². The summed E-state index contributed by atoms with van der Waals surface area (Å²) in [7, 11) is 0. The third-order valence-electron chi connectivity index (χ3n) is 3.01. The molecule has 1 heterocycles. The van der Waals surface area contributed by atoms with E-state index < -0.39 is 0 Å². The highest BCUT2D eigenvalue weighted by Gasteiger charge is 2.20. The molecule has 108 valence electrons. The smallest absolute Gasteiger partial charge is 0.242 e. The van der Waals surface area contributed by atoms with E-state index in [9.17, 15) is 9.59 Å². The van der Waals surface area contributed by atoms with Crippen molar-refractivity contribution in [1.82, 2.24) is 10.2 Å². The predicted octanol–water partition coefficient (Wildman–Crippen LogP) is 0.456. The number of piperazine rings is 1. The number of para-hydroxylation sites is 2. The van der Waals surface area contributed by atoms with Crippen molar-refractivity contribution in [3.63, 3.8) is 0 Å². The number of benzene rings is 1. The Morgan fingerprint density at radius 1 is 1.45 bits per heavy atom. The number of carbonyl (C=O) groups excluding carboxylic acids is 2. The zero-order chi connectivity index (χ0) is 14.4. The van der Waals surface area contributed by atoms with E-state index in [0.717, 1.165) is 11.4 Å². The molecule has 0 spiro atoms. The Hall–Kier alpha value is -2.24. The maximum atomic E-state index is 12.0. The minimum absolute atomic E-state index is 0.0915. The van der Waals surface area contributed by atoms with Crippen LogP contribution >= 0.6 is 0 Å². The predicted molar refractivity (Wildman–Crippen MR) is 75.7 cm³/mol. The van der Waals surface area contributed by atoms with Crippen LogP contribution in [0.4, 0.5) is 5.69 Å². The van der Waals surface area contributed by atoms with Gasteiger partial charge in [0.2, 0.25) is 11.8 Å². The minimum Gasteiger partial charge on any atom is -0.492 e. The molecule has 6 nitrogen and oxygen atoms in total. The number of hydrogen-bond acceptors (Lipinski definition) is 4. The van der Waals surface area contributed by atoms with Crippen LogP contribution in [0.15, 0.2) is 24.3 Å². The lowest BCUT2D eigenvalue weighted by atomic mass is 10.3. The van der Waals surface area contributed by atoms with Crippen LogP contribution in [-0.2, 0) is 9.59 Å². The summed E-state index contributed by atoms with van der Waals surface area (Å²) < 4.78 is 5.48. The maximum absolute atomic E-state index is 12.0. The van der Waals surface area contributed by atoms with Gasteiger partial charge in [0.25, 0.3) is 0 Å². The van der Waals surface area contributed by atoms with E-state index in [4.69, 9.17) is 4.74 Å². The first-order chi connectivity index (χ1) is 9.70. The van der Waals surface area contributed by atoms with Crippen molar-refractivity contribution < 1.29 is 14.3 Å². The monoisotopic (exact) mass is 277 g/mol. The molecular weight excluding hydrogens is 258 g/mol. The molecule has 2 amide bonds. The lowest BCUT2D eigenvalue weighted by molar-refractivity contribution is -0.136. The van der Waals surface area contributed by atoms with E-state index in [1.807, 2.05) is 31.2 Å². The fraction of sp³-hybridized carbons (Fsp3) is 0.429. The molecule has 1 aliphatic rings. The number of nitrogens with one attached hydrogen (secondary N) is 2. The van der Waals surface area contributed by atoms with Gasteiger partial charge in [0, 0.05) is 13.1 Å². The summed E-state index contributed by atoms with van der Waals surface area (Å²) in [4.78, 5) is 24.8. The van der Waals surface area contributed by atoms with Crippen molar-refractivity contribution in [2.24, 2.45) is 0 Å². The van der Waals surface area contributed by atoms with Gasteiger partial charge in [-0.25, -0.2) is 0 Å². The highest BCUT2D eigenvalue weighted by atomic mass is 16.5. The summed E-state index contributed by atoms with van der Waals surface area (Å²) in [5, 5.41) is 5.76. The topological polar surface area (TPSA) is 70.7 Å². The van der Waals surface area contributed by atoms with E-state index in [2.05, 4.69) is 10.6 Å². The number of hydrogen-bond donors (Lipinski definition) is 2.